The van der Waals surface area contributed by atoms with Gasteiger partial charge in [-0.15, -0.1) is 10.2 Å². The molecule has 4 nitrogen and oxygen atoms in total. The average Bonchev–Trinajstić information content (AvgIpc) is 2.90. The van der Waals surface area contributed by atoms with Gasteiger partial charge in [0, 0.05) is 12.2 Å². The van der Waals surface area contributed by atoms with Crippen LogP contribution in [0.25, 0.3) is 5.65 Å². The number of aromatic nitrogens is 3. The van der Waals surface area contributed by atoms with E-state index in [1.165, 1.54) is 12.8 Å². The molecule has 0 amide bonds. The van der Waals surface area contributed by atoms with Crippen LogP contribution in [0, 0.1) is 11.3 Å². The van der Waals surface area contributed by atoms with Crippen LogP contribution in [-0.4, -0.2) is 20.6 Å². The van der Waals surface area contributed by atoms with Crippen LogP contribution >= 0.6 is 0 Å². The Hall–Kier alpha value is -1.42. The largest absolute Gasteiger partial charge is 0.304 e. The number of hydrogen-bond donors (Lipinski definition) is 1. The Morgan fingerprint density at radius 2 is 2.10 bits per heavy atom. The molecule has 20 heavy (non-hydrogen) atoms. The van der Waals surface area contributed by atoms with E-state index in [0.717, 1.165) is 11.5 Å². The Morgan fingerprint density at radius 1 is 1.30 bits per heavy atom. The fourth-order valence-electron chi connectivity index (χ4n) is 3.67. The third-order valence-corrected chi connectivity index (χ3v) is 4.53. The predicted molar refractivity (Wildman–Crippen MR) is 80.5 cm³/mol. The second-order valence-corrected chi connectivity index (χ2v) is 7.03. The summed E-state index contributed by atoms with van der Waals surface area (Å²) in [5.74, 6) is 1.71. The molecule has 0 saturated heterocycles. The van der Waals surface area contributed by atoms with Crippen molar-refractivity contribution in [2.75, 3.05) is 0 Å². The zero-order valence-electron chi connectivity index (χ0n) is 12.8. The van der Waals surface area contributed by atoms with Crippen molar-refractivity contribution in [3.05, 3.63) is 30.2 Å². The highest BCUT2D eigenvalue weighted by Crippen LogP contribution is 2.41. The fraction of sp³-hybridized carbons (Fsp3) is 0.625. The summed E-state index contributed by atoms with van der Waals surface area (Å²) in [6.45, 7) is 9.26. The summed E-state index contributed by atoms with van der Waals surface area (Å²) in [6, 6.07) is 6.79. The zero-order chi connectivity index (χ0) is 14.3. The first-order chi connectivity index (χ1) is 9.46. The molecule has 3 atom stereocenters. The van der Waals surface area contributed by atoms with Crippen LogP contribution in [0.5, 0.6) is 0 Å². The number of hydrogen-bond acceptors (Lipinski definition) is 3. The van der Waals surface area contributed by atoms with Gasteiger partial charge in [0.1, 0.15) is 0 Å². The molecule has 0 bridgehead atoms. The summed E-state index contributed by atoms with van der Waals surface area (Å²) in [7, 11) is 0. The number of pyridine rings is 1. The fourth-order valence-corrected chi connectivity index (χ4v) is 3.67. The molecule has 2 heterocycles. The Balaban J connectivity index is 1.78. The molecule has 0 spiro atoms. The molecule has 0 aliphatic heterocycles. The van der Waals surface area contributed by atoms with Crippen LogP contribution in [0.1, 0.15) is 52.4 Å². The molecule has 4 heteroatoms. The maximum absolute atomic E-state index is 4.35. The number of nitrogens with one attached hydrogen (secondary N) is 1. The molecule has 1 saturated carbocycles. The minimum absolute atomic E-state index is 0.216. The smallest absolute Gasteiger partial charge is 0.160 e. The van der Waals surface area contributed by atoms with Gasteiger partial charge in [0.05, 0.1) is 6.04 Å². The number of fused-ring (bicyclic) bond motifs is 1. The van der Waals surface area contributed by atoms with Gasteiger partial charge in [-0.2, -0.15) is 0 Å². The summed E-state index contributed by atoms with van der Waals surface area (Å²) >= 11 is 0. The monoisotopic (exact) mass is 272 g/mol. The number of rotatable bonds is 3. The first-order valence-electron chi connectivity index (χ1n) is 7.52. The highest BCUT2D eigenvalue weighted by molar-refractivity contribution is 5.37. The van der Waals surface area contributed by atoms with Crippen molar-refractivity contribution in [2.24, 2.45) is 11.3 Å². The molecular weight excluding hydrogens is 248 g/mol. The zero-order valence-corrected chi connectivity index (χ0v) is 12.8. The molecular formula is C16H24N4. The Morgan fingerprint density at radius 3 is 2.80 bits per heavy atom. The maximum atomic E-state index is 4.35. The van der Waals surface area contributed by atoms with Crippen LogP contribution in [0.3, 0.4) is 0 Å². The van der Waals surface area contributed by atoms with Crippen molar-refractivity contribution < 1.29 is 0 Å². The quantitative estimate of drug-likeness (QED) is 0.933. The minimum Gasteiger partial charge on any atom is -0.304 e. The van der Waals surface area contributed by atoms with Crippen LogP contribution in [-0.2, 0) is 0 Å². The predicted octanol–water partition coefficient (Wildman–Crippen LogP) is 3.20. The molecule has 2 aromatic rings. The third-order valence-electron chi connectivity index (χ3n) is 4.53. The van der Waals surface area contributed by atoms with Gasteiger partial charge in [0.25, 0.3) is 0 Å². The molecule has 1 aliphatic rings. The van der Waals surface area contributed by atoms with Crippen molar-refractivity contribution in [1.82, 2.24) is 19.9 Å². The van der Waals surface area contributed by atoms with Gasteiger partial charge in [0.15, 0.2) is 11.5 Å². The second-order valence-electron chi connectivity index (χ2n) is 7.03. The molecule has 2 aromatic heterocycles. The lowest BCUT2D eigenvalue weighted by atomic mass is 9.91. The van der Waals surface area contributed by atoms with E-state index in [0.29, 0.717) is 17.4 Å². The van der Waals surface area contributed by atoms with E-state index >= 15 is 0 Å². The van der Waals surface area contributed by atoms with E-state index < -0.39 is 0 Å². The molecule has 0 radical (unpaired) electrons. The standard InChI is InChI=1S/C16H24N4/c1-11-9-16(3,4)10-13(11)17-12(2)15-19-18-14-7-5-6-8-20(14)15/h5-8,11-13,17H,9-10H2,1-4H3. The van der Waals surface area contributed by atoms with E-state index in [1.54, 1.807) is 0 Å². The minimum atomic E-state index is 0.216. The van der Waals surface area contributed by atoms with E-state index in [-0.39, 0.29) is 6.04 Å². The van der Waals surface area contributed by atoms with Gasteiger partial charge in [-0.1, -0.05) is 26.8 Å². The molecule has 3 unspecified atom stereocenters. The maximum Gasteiger partial charge on any atom is 0.160 e. The second kappa shape index (κ2) is 4.85. The van der Waals surface area contributed by atoms with Gasteiger partial charge >= 0.3 is 0 Å². The third kappa shape index (κ3) is 2.44. The van der Waals surface area contributed by atoms with Crippen molar-refractivity contribution in [1.29, 1.82) is 0 Å². The summed E-state index contributed by atoms with van der Waals surface area (Å²) in [5, 5.41) is 12.3. The van der Waals surface area contributed by atoms with Crippen molar-refractivity contribution in [3.8, 4) is 0 Å². The topological polar surface area (TPSA) is 42.2 Å². The summed E-state index contributed by atoms with van der Waals surface area (Å²) in [6.07, 6.45) is 4.55. The van der Waals surface area contributed by atoms with Crippen molar-refractivity contribution in [2.45, 2.75) is 52.6 Å². The summed E-state index contributed by atoms with van der Waals surface area (Å²) in [5.41, 5.74) is 1.36. The van der Waals surface area contributed by atoms with Gasteiger partial charge in [0.2, 0.25) is 0 Å². The SMILES string of the molecule is CC(NC1CC(C)(C)CC1C)c1nnc2ccccn12. The molecule has 0 aromatic carbocycles. The molecule has 1 N–H and O–H groups in total. The highest BCUT2D eigenvalue weighted by atomic mass is 15.3. The normalized spacial score (nSPS) is 27.0. The van der Waals surface area contributed by atoms with E-state index in [4.69, 9.17) is 0 Å². The van der Waals surface area contributed by atoms with Crippen LogP contribution in [0.15, 0.2) is 24.4 Å². The van der Waals surface area contributed by atoms with Gasteiger partial charge < -0.3 is 5.32 Å². The summed E-state index contributed by atoms with van der Waals surface area (Å²) in [4.78, 5) is 0. The van der Waals surface area contributed by atoms with Gasteiger partial charge in [-0.05, 0) is 43.2 Å². The van der Waals surface area contributed by atoms with Crippen molar-refractivity contribution in [3.63, 3.8) is 0 Å². The Bertz CT molecular complexity index is 601. The molecule has 108 valence electrons. The van der Waals surface area contributed by atoms with Crippen molar-refractivity contribution >= 4 is 5.65 Å². The van der Waals surface area contributed by atoms with E-state index in [9.17, 15) is 0 Å². The molecule has 3 rings (SSSR count). The summed E-state index contributed by atoms with van der Waals surface area (Å²) < 4.78 is 2.07. The Labute approximate surface area is 120 Å². The van der Waals surface area contributed by atoms with Crippen LogP contribution in [0.2, 0.25) is 0 Å². The lowest BCUT2D eigenvalue weighted by Crippen LogP contribution is -2.34. The average molecular weight is 272 g/mol. The van der Waals surface area contributed by atoms with Gasteiger partial charge in [-0.25, -0.2) is 0 Å². The van der Waals surface area contributed by atoms with E-state index in [1.807, 2.05) is 24.4 Å². The lowest BCUT2D eigenvalue weighted by Gasteiger charge is -2.22. The van der Waals surface area contributed by atoms with Gasteiger partial charge in [-0.3, -0.25) is 4.40 Å². The van der Waals surface area contributed by atoms with Crippen LogP contribution < -0.4 is 5.32 Å². The number of nitrogens with zero attached hydrogens (tertiary/aromatic N) is 3. The molecule has 1 fully saturated rings. The molecule has 1 aliphatic carbocycles. The van der Waals surface area contributed by atoms with Crippen LogP contribution in [0.4, 0.5) is 0 Å². The first kappa shape index (κ1) is 13.6. The van der Waals surface area contributed by atoms with E-state index in [2.05, 4.69) is 47.6 Å². The first-order valence-corrected chi connectivity index (χ1v) is 7.52. The Kier molecular flexibility index (Phi) is 3.28. The highest BCUT2D eigenvalue weighted by Gasteiger charge is 2.37. The lowest BCUT2D eigenvalue weighted by molar-refractivity contribution is 0.353.